The van der Waals surface area contributed by atoms with Crippen LogP contribution in [-0.4, -0.2) is 10.1 Å². The third-order valence-corrected chi connectivity index (χ3v) is 4.34. The lowest BCUT2D eigenvalue weighted by molar-refractivity contribution is 0.476. The van der Waals surface area contributed by atoms with E-state index in [1.807, 2.05) is 30.3 Å². The van der Waals surface area contributed by atoms with Crippen LogP contribution in [0.2, 0.25) is 0 Å². The van der Waals surface area contributed by atoms with Crippen molar-refractivity contribution >= 4 is 21.9 Å². The number of phenolic OH excluding ortho intramolecular Hbond substituents is 1. The van der Waals surface area contributed by atoms with Crippen molar-refractivity contribution in [2.24, 2.45) is 0 Å². The predicted molar refractivity (Wildman–Crippen MR) is 97.2 cm³/mol. The van der Waals surface area contributed by atoms with E-state index in [2.05, 4.69) is 24.0 Å². The summed E-state index contributed by atoms with van der Waals surface area (Å²) in [6, 6.07) is 17.6. The molecule has 0 saturated carbocycles. The van der Waals surface area contributed by atoms with Gasteiger partial charge in [0.05, 0.1) is 0 Å². The molecule has 1 heterocycles. The number of unbranched alkanes of at least 4 members (excludes halogenated alkanes) is 1. The molecule has 4 aromatic rings. The van der Waals surface area contributed by atoms with Gasteiger partial charge in [0.25, 0.3) is 0 Å². The number of rotatable bonds is 4. The lowest BCUT2D eigenvalue weighted by Crippen LogP contribution is -1.84. The SMILES string of the molecule is CCCCc1ccc2oc(-c3ccc4cc(O)ccc4c3)nc2c1. The summed E-state index contributed by atoms with van der Waals surface area (Å²) in [5, 5.41) is 11.6. The minimum Gasteiger partial charge on any atom is -0.508 e. The molecule has 1 aromatic heterocycles. The van der Waals surface area contributed by atoms with Gasteiger partial charge in [0.2, 0.25) is 5.89 Å². The second-order valence-corrected chi connectivity index (χ2v) is 6.17. The summed E-state index contributed by atoms with van der Waals surface area (Å²) in [7, 11) is 0. The first-order valence-corrected chi connectivity index (χ1v) is 8.35. The first-order valence-electron chi connectivity index (χ1n) is 8.35. The molecule has 0 aliphatic heterocycles. The van der Waals surface area contributed by atoms with Crippen LogP contribution in [0, 0.1) is 0 Å². The van der Waals surface area contributed by atoms with Crippen molar-refractivity contribution in [2.75, 3.05) is 0 Å². The van der Waals surface area contributed by atoms with E-state index >= 15 is 0 Å². The zero-order valence-corrected chi connectivity index (χ0v) is 13.6. The van der Waals surface area contributed by atoms with Gasteiger partial charge in [-0.05, 0) is 65.6 Å². The molecule has 0 atom stereocenters. The highest BCUT2D eigenvalue weighted by Crippen LogP contribution is 2.29. The normalized spacial score (nSPS) is 11.4. The Hall–Kier alpha value is -2.81. The van der Waals surface area contributed by atoms with E-state index < -0.39 is 0 Å². The van der Waals surface area contributed by atoms with Gasteiger partial charge in [-0.3, -0.25) is 0 Å². The van der Waals surface area contributed by atoms with Gasteiger partial charge in [0.15, 0.2) is 5.58 Å². The molecule has 3 nitrogen and oxygen atoms in total. The van der Waals surface area contributed by atoms with Gasteiger partial charge in [-0.25, -0.2) is 4.98 Å². The average molecular weight is 317 g/mol. The van der Waals surface area contributed by atoms with Crippen LogP contribution in [0.15, 0.2) is 59.0 Å². The lowest BCUT2D eigenvalue weighted by atomic mass is 10.1. The highest BCUT2D eigenvalue weighted by Gasteiger charge is 2.09. The third-order valence-electron chi connectivity index (χ3n) is 4.34. The van der Waals surface area contributed by atoms with Crippen LogP contribution in [0.4, 0.5) is 0 Å². The Kier molecular flexibility index (Phi) is 3.69. The Bertz CT molecular complexity index is 1020. The molecule has 24 heavy (non-hydrogen) atoms. The monoisotopic (exact) mass is 317 g/mol. The summed E-state index contributed by atoms with van der Waals surface area (Å²) in [5.74, 6) is 0.907. The smallest absolute Gasteiger partial charge is 0.227 e. The van der Waals surface area contributed by atoms with Crippen LogP contribution in [0.5, 0.6) is 5.75 Å². The molecule has 3 heteroatoms. The number of phenols is 1. The molecule has 1 N–H and O–H groups in total. The molecule has 4 rings (SSSR count). The van der Waals surface area contributed by atoms with Crippen molar-refractivity contribution in [3.63, 3.8) is 0 Å². The van der Waals surface area contributed by atoms with Gasteiger partial charge in [0.1, 0.15) is 11.3 Å². The maximum Gasteiger partial charge on any atom is 0.227 e. The van der Waals surface area contributed by atoms with Crippen LogP contribution in [-0.2, 0) is 6.42 Å². The fraction of sp³-hybridized carbons (Fsp3) is 0.190. The van der Waals surface area contributed by atoms with Gasteiger partial charge >= 0.3 is 0 Å². The molecule has 3 aromatic carbocycles. The second-order valence-electron chi connectivity index (χ2n) is 6.17. The van der Waals surface area contributed by atoms with Crippen molar-refractivity contribution < 1.29 is 9.52 Å². The standard InChI is InChI=1S/C21H19NO2/c1-2-3-4-14-5-10-20-19(11-14)22-21(24-20)17-7-6-16-13-18(23)9-8-15(16)12-17/h5-13,23H,2-4H2,1H3. The predicted octanol–water partition coefficient (Wildman–Crippen LogP) is 5.70. The number of benzene rings is 3. The van der Waals surface area contributed by atoms with Gasteiger partial charge in [0, 0.05) is 5.56 Å². The van der Waals surface area contributed by atoms with Crippen LogP contribution in [0.25, 0.3) is 33.3 Å². The first-order chi connectivity index (χ1) is 11.7. The minimum atomic E-state index is 0.275. The number of aryl methyl sites for hydroxylation is 1. The Labute approximate surface area is 140 Å². The summed E-state index contributed by atoms with van der Waals surface area (Å²) in [4.78, 5) is 4.66. The molecule has 0 aliphatic carbocycles. The zero-order chi connectivity index (χ0) is 16.5. The number of fused-ring (bicyclic) bond motifs is 2. The Balaban J connectivity index is 1.74. The van der Waals surface area contributed by atoms with Crippen LogP contribution in [0.1, 0.15) is 25.3 Å². The maximum absolute atomic E-state index is 9.57. The number of oxazole rings is 1. The highest BCUT2D eigenvalue weighted by molar-refractivity contribution is 5.88. The highest BCUT2D eigenvalue weighted by atomic mass is 16.3. The van der Waals surface area contributed by atoms with Crippen LogP contribution < -0.4 is 0 Å². The van der Waals surface area contributed by atoms with E-state index in [0.717, 1.165) is 33.9 Å². The molecular formula is C21H19NO2. The number of nitrogens with zero attached hydrogens (tertiary/aromatic N) is 1. The van der Waals surface area contributed by atoms with Gasteiger partial charge in [-0.15, -0.1) is 0 Å². The van der Waals surface area contributed by atoms with Gasteiger partial charge in [-0.1, -0.05) is 31.5 Å². The van der Waals surface area contributed by atoms with Crippen LogP contribution >= 0.6 is 0 Å². The van der Waals surface area contributed by atoms with E-state index in [4.69, 9.17) is 4.42 Å². The molecule has 0 spiro atoms. The number of aromatic nitrogens is 1. The van der Waals surface area contributed by atoms with Crippen molar-refractivity contribution in [2.45, 2.75) is 26.2 Å². The van der Waals surface area contributed by atoms with E-state index in [9.17, 15) is 5.11 Å². The topological polar surface area (TPSA) is 46.3 Å². The molecule has 0 aliphatic rings. The molecule has 120 valence electrons. The molecular weight excluding hydrogens is 298 g/mol. The lowest BCUT2D eigenvalue weighted by Gasteiger charge is -2.01. The quantitative estimate of drug-likeness (QED) is 0.525. The van der Waals surface area contributed by atoms with E-state index in [-0.39, 0.29) is 5.75 Å². The molecule has 0 radical (unpaired) electrons. The minimum absolute atomic E-state index is 0.275. The molecule has 0 unspecified atom stereocenters. The molecule has 0 amide bonds. The van der Waals surface area contributed by atoms with Gasteiger partial charge < -0.3 is 9.52 Å². The third kappa shape index (κ3) is 2.73. The van der Waals surface area contributed by atoms with Crippen molar-refractivity contribution in [1.29, 1.82) is 0 Å². The van der Waals surface area contributed by atoms with Crippen LogP contribution in [0.3, 0.4) is 0 Å². The first kappa shape index (κ1) is 14.8. The largest absolute Gasteiger partial charge is 0.508 e. The van der Waals surface area contributed by atoms with E-state index in [1.165, 1.54) is 18.4 Å². The summed E-state index contributed by atoms with van der Waals surface area (Å²) in [5.41, 5.74) is 3.97. The maximum atomic E-state index is 9.57. The number of hydrogen-bond donors (Lipinski definition) is 1. The Morgan fingerprint density at radius 2 is 1.79 bits per heavy atom. The fourth-order valence-corrected chi connectivity index (χ4v) is 3.00. The van der Waals surface area contributed by atoms with Crippen molar-refractivity contribution in [1.82, 2.24) is 4.98 Å². The summed E-state index contributed by atoms with van der Waals surface area (Å²) in [6.45, 7) is 2.20. The fourth-order valence-electron chi connectivity index (χ4n) is 3.00. The summed E-state index contributed by atoms with van der Waals surface area (Å²) < 4.78 is 5.93. The van der Waals surface area contributed by atoms with E-state index in [0.29, 0.717) is 5.89 Å². The van der Waals surface area contributed by atoms with Crippen molar-refractivity contribution in [3.05, 3.63) is 60.2 Å². The second kappa shape index (κ2) is 6.00. The zero-order valence-electron chi connectivity index (χ0n) is 13.6. The average Bonchev–Trinajstić information content (AvgIpc) is 3.02. The Morgan fingerprint density at radius 1 is 0.958 bits per heavy atom. The van der Waals surface area contributed by atoms with Crippen molar-refractivity contribution in [3.8, 4) is 17.2 Å². The molecule has 0 saturated heterocycles. The van der Waals surface area contributed by atoms with Gasteiger partial charge in [-0.2, -0.15) is 0 Å². The van der Waals surface area contributed by atoms with E-state index in [1.54, 1.807) is 12.1 Å². The summed E-state index contributed by atoms with van der Waals surface area (Å²) in [6.07, 6.45) is 3.45. The molecule has 0 fully saturated rings. The molecule has 0 bridgehead atoms. The number of aromatic hydroxyl groups is 1. The number of hydrogen-bond acceptors (Lipinski definition) is 3. The Morgan fingerprint density at radius 3 is 2.67 bits per heavy atom. The summed E-state index contributed by atoms with van der Waals surface area (Å²) >= 11 is 0.